The van der Waals surface area contributed by atoms with Gasteiger partial charge in [-0.1, -0.05) is 24.3 Å². The first-order chi connectivity index (χ1) is 10.2. The summed E-state index contributed by atoms with van der Waals surface area (Å²) in [6.07, 6.45) is 0. The summed E-state index contributed by atoms with van der Waals surface area (Å²) >= 11 is 3.57. The molecule has 0 radical (unpaired) electrons. The van der Waals surface area contributed by atoms with Gasteiger partial charge in [0, 0.05) is 5.56 Å². The van der Waals surface area contributed by atoms with Crippen molar-refractivity contribution in [2.45, 2.75) is 13.0 Å². The highest BCUT2D eigenvalue weighted by Crippen LogP contribution is 2.33. The molecule has 0 heterocycles. The summed E-state index contributed by atoms with van der Waals surface area (Å²) in [6, 6.07) is 14.3. The molecule has 0 bridgehead atoms. The molecule has 0 aliphatic heterocycles. The minimum Gasteiger partial charge on any atom is -0.496 e. The molecule has 0 fully saturated rings. The summed E-state index contributed by atoms with van der Waals surface area (Å²) in [6.45, 7) is 2.63. The summed E-state index contributed by atoms with van der Waals surface area (Å²) in [7, 11) is 3.64. The Kier molecular flexibility index (Phi) is 5.65. The van der Waals surface area contributed by atoms with Crippen LogP contribution in [0.5, 0.6) is 11.5 Å². The van der Waals surface area contributed by atoms with Gasteiger partial charge in [0.15, 0.2) is 0 Å². The van der Waals surface area contributed by atoms with Crippen molar-refractivity contribution in [2.24, 2.45) is 0 Å². The van der Waals surface area contributed by atoms with Gasteiger partial charge < -0.3 is 14.8 Å². The Bertz CT molecular complexity index is 601. The van der Waals surface area contributed by atoms with Crippen molar-refractivity contribution < 1.29 is 9.47 Å². The minimum atomic E-state index is 0.0631. The average molecular weight is 350 g/mol. The van der Waals surface area contributed by atoms with Crippen LogP contribution in [0.15, 0.2) is 46.9 Å². The number of methoxy groups -OCH3 is 1. The highest BCUT2D eigenvalue weighted by molar-refractivity contribution is 9.10. The molecule has 1 unspecified atom stereocenters. The van der Waals surface area contributed by atoms with Crippen molar-refractivity contribution in [2.75, 3.05) is 20.8 Å². The first-order valence-corrected chi connectivity index (χ1v) is 7.73. The topological polar surface area (TPSA) is 30.5 Å². The number of hydrogen-bond donors (Lipinski definition) is 1. The van der Waals surface area contributed by atoms with Crippen molar-refractivity contribution in [3.05, 3.63) is 58.1 Å². The lowest BCUT2D eigenvalue weighted by atomic mass is 9.98. The molecule has 21 heavy (non-hydrogen) atoms. The summed E-state index contributed by atoms with van der Waals surface area (Å²) < 4.78 is 12.0. The van der Waals surface area contributed by atoms with Crippen LogP contribution < -0.4 is 14.8 Å². The second-order valence-corrected chi connectivity index (χ2v) is 5.44. The Morgan fingerprint density at radius 3 is 2.52 bits per heavy atom. The number of rotatable bonds is 6. The molecule has 0 saturated heterocycles. The number of nitrogens with one attached hydrogen (secondary N) is 1. The Labute approximate surface area is 134 Å². The molecular weight excluding hydrogens is 330 g/mol. The van der Waals surface area contributed by atoms with Gasteiger partial charge in [-0.25, -0.2) is 0 Å². The van der Waals surface area contributed by atoms with E-state index < -0.39 is 0 Å². The molecule has 0 aromatic heterocycles. The lowest BCUT2D eigenvalue weighted by Crippen LogP contribution is -2.18. The summed E-state index contributed by atoms with van der Waals surface area (Å²) in [5, 5.41) is 3.35. The van der Waals surface area contributed by atoms with Gasteiger partial charge in [-0.3, -0.25) is 0 Å². The number of para-hydroxylation sites is 1. The second-order valence-electron chi connectivity index (χ2n) is 4.59. The molecule has 3 nitrogen and oxygen atoms in total. The predicted octanol–water partition coefficient (Wildman–Crippen LogP) is 4.17. The molecule has 2 aromatic rings. The Balaban J connectivity index is 2.39. The van der Waals surface area contributed by atoms with E-state index in [9.17, 15) is 0 Å². The van der Waals surface area contributed by atoms with Gasteiger partial charge in [0.1, 0.15) is 11.5 Å². The molecule has 1 N–H and O–H groups in total. The van der Waals surface area contributed by atoms with Gasteiger partial charge in [-0.05, 0) is 53.7 Å². The fourth-order valence-corrected chi connectivity index (χ4v) is 2.89. The maximum Gasteiger partial charge on any atom is 0.133 e. The number of halogens is 1. The van der Waals surface area contributed by atoms with Crippen LogP contribution in [0.1, 0.15) is 24.1 Å². The number of ether oxygens (including phenoxy) is 2. The molecule has 112 valence electrons. The minimum absolute atomic E-state index is 0.0631. The maximum atomic E-state index is 5.56. The van der Waals surface area contributed by atoms with Crippen LogP contribution in [0.4, 0.5) is 0 Å². The van der Waals surface area contributed by atoms with E-state index in [1.54, 1.807) is 7.11 Å². The Morgan fingerprint density at radius 1 is 1.14 bits per heavy atom. The zero-order valence-corrected chi connectivity index (χ0v) is 14.1. The smallest absolute Gasteiger partial charge is 0.133 e. The molecule has 0 aliphatic carbocycles. The van der Waals surface area contributed by atoms with Gasteiger partial charge in [0.05, 0.1) is 24.2 Å². The van der Waals surface area contributed by atoms with Crippen LogP contribution in [-0.4, -0.2) is 20.8 Å². The Morgan fingerprint density at radius 2 is 1.90 bits per heavy atom. The summed E-state index contributed by atoms with van der Waals surface area (Å²) in [5.74, 6) is 1.73. The molecule has 1 atom stereocenters. The van der Waals surface area contributed by atoms with Crippen molar-refractivity contribution in [3.63, 3.8) is 0 Å². The summed E-state index contributed by atoms with van der Waals surface area (Å²) in [4.78, 5) is 0. The zero-order valence-electron chi connectivity index (χ0n) is 12.5. The van der Waals surface area contributed by atoms with Crippen molar-refractivity contribution in [1.82, 2.24) is 5.32 Å². The van der Waals surface area contributed by atoms with E-state index in [-0.39, 0.29) is 6.04 Å². The van der Waals surface area contributed by atoms with Crippen LogP contribution in [0.2, 0.25) is 0 Å². The predicted molar refractivity (Wildman–Crippen MR) is 89.2 cm³/mol. The standard InChI is InChI=1S/C17H20BrNO2/c1-4-21-16-10-9-12(11-14(16)18)17(19-2)13-7-5-6-8-15(13)20-3/h5-11,17,19H,4H2,1-3H3. The normalized spacial score (nSPS) is 12.0. The fourth-order valence-electron chi connectivity index (χ4n) is 2.38. The SMILES string of the molecule is CCOc1ccc(C(NC)c2ccccc2OC)cc1Br. The van der Waals surface area contributed by atoms with Crippen molar-refractivity contribution in [3.8, 4) is 11.5 Å². The van der Waals surface area contributed by atoms with Gasteiger partial charge >= 0.3 is 0 Å². The number of hydrogen-bond acceptors (Lipinski definition) is 3. The third kappa shape index (κ3) is 3.57. The monoisotopic (exact) mass is 349 g/mol. The first kappa shape index (κ1) is 15.9. The van der Waals surface area contributed by atoms with E-state index >= 15 is 0 Å². The molecule has 2 aromatic carbocycles. The second kappa shape index (κ2) is 7.48. The van der Waals surface area contributed by atoms with E-state index in [1.807, 2.05) is 38.2 Å². The molecule has 4 heteroatoms. The summed E-state index contributed by atoms with van der Waals surface area (Å²) in [5.41, 5.74) is 2.26. The van der Waals surface area contributed by atoms with E-state index in [2.05, 4.69) is 39.4 Å². The van der Waals surface area contributed by atoms with Crippen LogP contribution in [0.3, 0.4) is 0 Å². The Hall–Kier alpha value is -1.52. The molecule has 0 saturated carbocycles. The third-order valence-electron chi connectivity index (χ3n) is 3.33. The molecule has 0 spiro atoms. The average Bonchev–Trinajstić information content (AvgIpc) is 2.51. The zero-order chi connectivity index (χ0) is 15.2. The fraction of sp³-hybridized carbons (Fsp3) is 0.294. The van der Waals surface area contributed by atoms with Crippen LogP contribution >= 0.6 is 15.9 Å². The van der Waals surface area contributed by atoms with Crippen LogP contribution in [-0.2, 0) is 0 Å². The molecule has 0 aliphatic rings. The maximum absolute atomic E-state index is 5.56. The lowest BCUT2D eigenvalue weighted by molar-refractivity contribution is 0.338. The van der Waals surface area contributed by atoms with E-state index in [0.717, 1.165) is 27.1 Å². The van der Waals surface area contributed by atoms with Gasteiger partial charge in [0.25, 0.3) is 0 Å². The third-order valence-corrected chi connectivity index (χ3v) is 3.95. The molecule has 0 amide bonds. The van der Waals surface area contributed by atoms with Crippen LogP contribution in [0.25, 0.3) is 0 Å². The first-order valence-electron chi connectivity index (χ1n) is 6.93. The van der Waals surface area contributed by atoms with E-state index in [0.29, 0.717) is 6.61 Å². The molecular formula is C17H20BrNO2. The lowest BCUT2D eigenvalue weighted by Gasteiger charge is -2.20. The van der Waals surface area contributed by atoms with Gasteiger partial charge in [0.2, 0.25) is 0 Å². The molecule has 2 rings (SSSR count). The quantitative estimate of drug-likeness (QED) is 0.848. The van der Waals surface area contributed by atoms with Gasteiger partial charge in [-0.15, -0.1) is 0 Å². The van der Waals surface area contributed by atoms with Crippen molar-refractivity contribution in [1.29, 1.82) is 0 Å². The highest BCUT2D eigenvalue weighted by atomic mass is 79.9. The van der Waals surface area contributed by atoms with Crippen LogP contribution in [0, 0.1) is 0 Å². The largest absolute Gasteiger partial charge is 0.496 e. The number of benzene rings is 2. The van der Waals surface area contributed by atoms with E-state index in [1.165, 1.54) is 0 Å². The van der Waals surface area contributed by atoms with Crippen molar-refractivity contribution >= 4 is 15.9 Å². The van der Waals surface area contributed by atoms with Gasteiger partial charge in [-0.2, -0.15) is 0 Å². The van der Waals surface area contributed by atoms with E-state index in [4.69, 9.17) is 9.47 Å². The highest BCUT2D eigenvalue weighted by Gasteiger charge is 2.17.